The van der Waals surface area contributed by atoms with Crippen molar-refractivity contribution in [3.05, 3.63) is 47.3 Å². The van der Waals surface area contributed by atoms with E-state index < -0.39 is 6.10 Å². The van der Waals surface area contributed by atoms with Crippen molar-refractivity contribution >= 4 is 0 Å². The van der Waals surface area contributed by atoms with E-state index in [2.05, 4.69) is 12.0 Å². The Kier molecular flexibility index (Phi) is 5.02. The zero-order chi connectivity index (χ0) is 15.4. The van der Waals surface area contributed by atoms with Gasteiger partial charge in [0.1, 0.15) is 5.75 Å². The van der Waals surface area contributed by atoms with Gasteiger partial charge in [-0.15, -0.1) is 0 Å². The van der Waals surface area contributed by atoms with Crippen LogP contribution in [0.3, 0.4) is 0 Å². The van der Waals surface area contributed by atoms with Crippen LogP contribution in [-0.2, 0) is 13.0 Å². The van der Waals surface area contributed by atoms with E-state index in [9.17, 15) is 5.11 Å². The maximum absolute atomic E-state index is 10.4. The minimum atomic E-state index is -0.528. The quantitative estimate of drug-likeness (QED) is 0.887. The number of aliphatic hydroxyl groups excluding tert-OH is 1. The first kappa shape index (κ1) is 15.6. The van der Waals surface area contributed by atoms with Crippen molar-refractivity contribution in [1.29, 1.82) is 0 Å². The molecule has 0 amide bonds. The van der Waals surface area contributed by atoms with Crippen LogP contribution in [0.4, 0.5) is 0 Å². The first-order valence-electron chi connectivity index (χ1n) is 7.47. The van der Waals surface area contributed by atoms with Gasteiger partial charge in [0.05, 0.1) is 17.9 Å². The van der Waals surface area contributed by atoms with Crippen LogP contribution >= 0.6 is 0 Å². The van der Waals surface area contributed by atoms with E-state index >= 15 is 0 Å². The van der Waals surface area contributed by atoms with Crippen LogP contribution < -0.4 is 4.74 Å². The summed E-state index contributed by atoms with van der Waals surface area (Å²) in [6, 6.07) is 9.68. The number of aromatic nitrogens is 2. The molecule has 4 nitrogen and oxygen atoms in total. The van der Waals surface area contributed by atoms with Crippen molar-refractivity contribution in [2.75, 3.05) is 0 Å². The Hall–Kier alpha value is -1.81. The third-order valence-corrected chi connectivity index (χ3v) is 3.32. The Morgan fingerprint density at radius 2 is 1.90 bits per heavy atom. The standard InChI is InChI=1S/C17H24N2O2/c1-5-19-15(10-13(4)18-19)11-17(20)14-6-8-16(9-7-14)21-12(2)3/h6-10,12,17,20H,5,11H2,1-4H3. The molecule has 0 bridgehead atoms. The molecule has 0 saturated heterocycles. The van der Waals surface area contributed by atoms with Gasteiger partial charge < -0.3 is 9.84 Å². The van der Waals surface area contributed by atoms with Gasteiger partial charge in [0.25, 0.3) is 0 Å². The van der Waals surface area contributed by atoms with E-state index in [1.807, 2.05) is 55.8 Å². The van der Waals surface area contributed by atoms with Crippen molar-refractivity contribution in [2.24, 2.45) is 0 Å². The topological polar surface area (TPSA) is 47.3 Å². The molecule has 1 aromatic heterocycles. The summed E-state index contributed by atoms with van der Waals surface area (Å²) in [5.41, 5.74) is 2.94. The molecule has 0 radical (unpaired) electrons. The van der Waals surface area contributed by atoms with Gasteiger partial charge in [-0.3, -0.25) is 4.68 Å². The normalized spacial score (nSPS) is 12.7. The number of ether oxygens (including phenoxy) is 1. The molecular formula is C17H24N2O2. The first-order chi connectivity index (χ1) is 9.99. The van der Waals surface area contributed by atoms with Crippen LogP contribution in [0, 0.1) is 6.92 Å². The van der Waals surface area contributed by atoms with Gasteiger partial charge >= 0.3 is 0 Å². The summed E-state index contributed by atoms with van der Waals surface area (Å²) in [4.78, 5) is 0. The van der Waals surface area contributed by atoms with Crippen molar-refractivity contribution < 1.29 is 9.84 Å². The van der Waals surface area contributed by atoms with Crippen molar-refractivity contribution in [3.8, 4) is 5.75 Å². The zero-order valence-electron chi connectivity index (χ0n) is 13.2. The summed E-state index contributed by atoms with van der Waals surface area (Å²) in [5.74, 6) is 0.829. The average molecular weight is 288 g/mol. The van der Waals surface area contributed by atoms with E-state index in [0.29, 0.717) is 6.42 Å². The van der Waals surface area contributed by atoms with Crippen molar-refractivity contribution in [3.63, 3.8) is 0 Å². The Morgan fingerprint density at radius 1 is 1.24 bits per heavy atom. The fraction of sp³-hybridized carbons (Fsp3) is 0.471. The lowest BCUT2D eigenvalue weighted by Crippen LogP contribution is -2.09. The summed E-state index contributed by atoms with van der Waals surface area (Å²) in [6.45, 7) is 8.84. The van der Waals surface area contributed by atoms with Gasteiger partial charge in [0.15, 0.2) is 0 Å². The van der Waals surface area contributed by atoms with Gasteiger partial charge in [0.2, 0.25) is 0 Å². The van der Waals surface area contributed by atoms with Gasteiger partial charge in [-0.25, -0.2) is 0 Å². The number of hydrogen-bond donors (Lipinski definition) is 1. The lowest BCUT2D eigenvalue weighted by molar-refractivity contribution is 0.175. The number of aryl methyl sites for hydroxylation is 2. The fourth-order valence-electron chi connectivity index (χ4n) is 2.39. The smallest absolute Gasteiger partial charge is 0.119 e. The van der Waals surface area contributed by atoms with Gasteiger partial charge in [-0.1, -0.05) is 12.1 Å². The van der Waals surface area contributed by atoms with E-state index in [1.165, 1.54) is 0 Å². The minimum absolute atomic E-state index is 0.155. The predicted molar refractivity (Wildman–Crippen MR) is 83.5 cm³/mol. The molecular weight excluding hydrogens is 264 g/mol. The molecule has 1 aromatic carbocycles. The minimum Gasteiger partial charge on any atom is -0.491 e. The molecule has 0 aliphatic rings. The highest BCUT2D eigenvalue weighted by molar-refractivity contribution is 5.29. The summed E-state index contributed by atoms with van der Waals surface area (Å²) in [5, 5.41) is 14.8. The SMILES string of the molecule is CCn1nc(C)cc1CC(O)c1ccc(OC(C)C)cc1. The molecule has 1 N–H and O–H groups in total. The van der Waals surface area contributed by atoms with Crippen LogP contribution in [0.15, 0.2) is 30.3 Å². The van der Waals surface area contributed by atoms with Crippen LogP contribution in [-0.4, -0.2) is 21.0 Å². The first-order valence-corrected chi connectivity index (χ1v) is 7.47. The average Bonchev–Trinajstić information content (AvgIpc) is 2.78. The van der Waals surface area contributed by atoms with Crippen LogP contribution in [0.25, 0.3) is 0 Å². The van der Waals surface area contributed by atoms with Crippen molar-refractivity contribution in [2.45, 2.75) is 52.9 Å². The van der Waals surface area contributed by atoms with Crippen molar-refractivity contribution in [1.82, 2.24) is 9.78 Å². The third-order valence-electron chi connectivity index (χ3n) is 3.32. The van der Waals surface area contributed by atoms with E-state index in [-0.39, 0.29) is 6.10 Å². The summed E-state index contributed by atoms with van der Waals surface area (Å²) >= 11 is 0. The molecule has 4 heteroatoms. The largest absolute Gasteiger partial charge is 0.491 e. The monoisotopic (exact) mass is 288 g/mol. The number of aliphatic hydroxyl groups is 1. The number of benzene rings is 1. The maximum atomic E-state index is 10.4. The molecule has 114 valence electrons. The molecule has 1 atom stereocenters. The number of rotatable bonds is 6. The van der Waals surface area contributed by atoms with Gasteiger partial charge in [-0.05, 0) is 51.5 Å². The van der Waals surface area contributed by atoms with E-state index in [0.717, 1.165) is 29.2 Å². The molecule has 0 fully saturated rings. The molecule has 2 rings (SSSR count). The Labute approximate surface area is 126 Å². The highest BCUT2D eigenvalue weighted by Gasteiger charge is 2.13. The zero-order valence-corrected chi connectivity index (χ0v) is 13.2. The number of hydrogen-bond acceptors (Lipinski definition) is 3. The summed E-state index contributed by atoms with van der Waals surface area (Å²) in [6.07, 6.45) is 0.196. The molecule has 0 saturated carbocycles. The lowest BCUT2D eigenvalue weighted by Gasteiger charge is -2.14. The van der Waals surface area contributed by atoms with Crippen LogP contribution in [0.5, 0.6) is 5.75 Å². The fourth-order valence-corrected chi connectivity index (χ4v) is 2.39. The summed E-state index contributed by atoms with van der Waals surface area (Å²) < 4.78 is 7.55. The van der Waals surface area contributed by atoms with Gasteiger partial charge in [-0.2, -0.15) is 5.10 Å². The summed E-state index contributed by atoms with van der Waals surface area (Å²) in [7, 11) is 0. The van der Waals surface area contributed by atoms with E-state index in [1.54, 1.807) is 0 Å². The number of nitrogens with zero attached hydrogens (tertiary/aromatic N) is 2. The molecule has 0 aliphatic carbocycles. The molecule has 0 aliphatic heterocycles. The van der Waals surface area contributed by atoms with Gasteiger partial charge in [0, 0.05) is 18.7 Å². The molecule has 1 unspecified atom stereocenters. The van der Waals surface area contributed by atoms with Crippen LogP contribution in [0.1, 0.15) is 43.8 Å². The van der Waals surface area contributed by atoms with Crippen LogP contribution in [0.2, 0.25) is 0 Å². The molecule has 2 aromatic rings. The Bertz CT molecular complexity index is 573. The van der Waals surface area contributed by atoms with E-state index in [4.69, 9.17) is 4.74 Å². The molecule has 0 spiro atoms. The third kappa shape index (κ3) is 4.08. The molecule has 21 heavy (non-hydrogen) atoms. The second-order valence-electron chi connectivity index (χ2n) is 5.55. The lowest BCUT2D eigenvalue weighted by atomic mass is 10.0. The maximum Gasteiger partial charge on any atom is 0.119 e. The highest BCUT2D eigenvalue weighted by Crippen LogP contribution is 2.22. The second-order valence-corrected chi connectivity index (χ2v) is 5.55. The Balaban J connectivity index is 2.07. The Morgan fingerprint density at radius 3 is 2.48 bits per heavy atom. The second kappa shape index (κ2) is 6.76. The highest BCUT2D eigenvalue weighted by atomic mass is 16.5. The predicted octanol–water partition coefficient (Wildman–Crippen LogP) is 3.27. The molecule has 1 heterocycles.